The third kappa shape index (κ3) is 6.66. The molecule has 0 unspecified atom stereocenters. The maximum Gasteiger partial charge on any atom is 0.262 e. The number of aryl methyl sites for hydroxylation is 1. The highest BCUT2D eigenvalue weighted by molar-refractivity contribution is 7.91. The monoisotopic (exact) mass is 564 g/mol. The molecule has 36 heavy (non-hydrogen) atoms. The van der Waals surface area contributed by atoms with Crippen molar-refractivity contribution < 1.29 is 18.9 Å². The fourth-order valence-electron chi connectivity index (χ4n) is 3.86. The Balaban J connectivity index is 1.43. The molecule has 3 aromatic carbocycles. The zero-order chi connectivity index (χ0) is 25.8. The van der Waals surface area contributed by atoms with Gasteiger partial charge in [0.1, 0.15) is 17.3 Å². The van der Waals surface area contributed by atoms with Gasteiger partial charge in [-0.25, -0.2) is 0 Å². The number of hydrogen-bond donors (Lipinski definition) is 1. The van der Waals surface area contributed by atoms with E-state index in [0.29, 0.717) is 32.3 Å². The normalized spacial score (nSPS) is 14.0. The summed E-state index contributed by atoms with van der Waals surface area (Å²) in [6.45, 7) is 3.09. The summed E-state index contributed by atoms with van der Waals surface area (Å²) in [6.07, 6.45) is 0. The lowest BCUT2D eigenvalue weighted by atomic mass is 10.0. The van der Waals surface area contributed by atoms with Crippen LogP contribution in [-0.2, 0) is 16.0 Å². The topological polar surface area (TPSA) is 81.7 Å². The highest BCUT2D eigenvalue weighted by Gasteiger charge is 2.21. The first-order valence-electron chi connectivity index (χ1n) is 11.1. The van der Waals surface area contributed by atoms with Gasteiger partial charge in [-0.05, 0) is 67.1 Å². The van der Waals surface area contributed by atoms with Crippen LogP contribution in [0.3, 0.4) is 0 Å². The SMILES string of the molecule is Cc1cc(N2CC[S+]([O-])CC2)ccc1NC(=O)COc1ccc(Cl)cc1C(=O)c1cc(Cl)cc(Cl)c1. The molecule has 3 aromatic rings. The number of ketones is 1. The van der Waals surface area contributed by atoms with Crippen molar-refractivity contribution in [3.63, 3.8) is 0 Å². The van der Waals surface area contributed by atoms with Gasteiger partial charge >= 0.3 is 0 Å². The van der Waals surface area contributed by atoms with Crippen molar-refractivity contribution >= 4 is 69.0 Å². The second-order valence-corrected chi connectivity index (χ2v) is 11.3. The summed E-state index contributed by atoms with van der Waals surface area (Å²) in [5, 5.41) is 3.84. The minimum absolute atomic E-state index is 0.191. The molecule has 0 atom stereocenters. The van der Waals surface area contributed by atoms with Crippen LogP contribution in [0.4, 0.5) is 11.4 Å². The zero-order valence-electron chi connectivity index (χ0n) is 19.4. The van der Waals surface area contributed by atoms with Crippen LogP contribution in [0.25, 0.3) is 0 Å². The minimum Gasteiger partial charge on any atom is -0.616 e. The molecule has 0 saturated carbocycles. The summed E-state index contributed by atoms with van der Waals surface area (Å²) in [4.78, 5) is 27.9. The van der Waals surface area contributed by atoms with Crippen LogP contribution in [0.1, 0.15) is 21.5 Å². The highest BCUT2D eigenvalue weighted by atomic mass is 35.5. The van der Waals surface area contributed by atoms with E-state index in [-0.39, 0.29) is 35.2 Å². The lowest BCUT2D eigenvalue weighted by Crippen LogP contribution is -2.40. The number of rotatable bonds is 7. The summed E-state index contributed by atoms with van der Waals surface area (Å²) in [6, 6.07) is 14.9. The third-order valence-electron chi connectivity index (χ3n) is 5.70. The largest absolute Gasteiger partial charge is 0.616 e. The summed E-state index contributed by atoms with van der Waals surface area (Å²) < 4.78 is 17.3. The van der Waals surface area contributed by atoms with Crippen LogP contribution in [0, 0.1) is 6.92 Å². The quantitative estimate of drug-likeness (QED) is 0.290. The Morgan fingerprint density at radius 2 is 1.67 bits per heavy atom. The number of amides is 1. The van der Waals surface area contributed by atoms with E-state index in [0.717, 1.165) is 24.3 Å². The molecule has 1 saturated heterocycles. The van der Waals surface area contributed by atoms with Crippen LogP contribution >= 0.6 is 34.8 Å². The molecule has 0 aromatic heterocycles. The lowest BCUT2D eigenvalue weighted by molar-refractivity contribution is -0.118. The van der Waals surface area contributed by atoms with Crippen molar-refractivity contribution in [3.05, 3.63) is 86.4 Å². The second kappa shape index (κ2) is 11.8. The maximum absolute atomic E-state index is 13.1. The first kappa shape index (κ1) is 26.6. The van der Waals surface area contributed by atoms with Gasteiger partial charge in [0, 0.05) is 32.0 Å². The van der Waals surface area contributed by atoms with E-state index in [1.165, 1.54) is 24.3 Å². The van der Waals surface area contributed by atoms with Gasteiger partial charge in [-0.2, -0.15) is 0 Å². The van der Waals surface area contributed by atoms with Gasteiger partial charge in [-0.1, -0.05) is 46.0 Å². The predicted octanol–water partition coefficient (Wildman–Crippen LogP) is 5.77. The summed E-state index contributed by atoms with van der Waals surface area (Å²) in [5.74, 6) is 0.775. The van der Waals surface area contributed by atoms with Crippen molar-refractivity contribution in [2.24, 2.45) is 0 Å². The Hall–Kier alpha value is -2.42. The number of halogens is 3. The van der Waals surface area contributed by atoms with Crippen LogP contribution in [0.5, 0.6) is 5.75 Å². The fourth-order valence-corrected chi connectivity index (χ4v) is 5.61. The van der Waals surface area contributed by atoms with E-state index in [9.17, 15) is 14.1 Å². The van der Waals surface area contributed by atoms with Crippen molar-refractivity contribution in [3.8, 4) is 5.75 Å². The number of nitrogens with zero attached hydrogens (tertiary/aromatic N) is 1. The van der Waals surface area contributed by atoms with Gasteiger partial charge in [0.25, 0.3) is 5.91 Å². The first-order chi connectivity index (χ1) is 17.2. The number of nitrogens with one attached hydrogen (secondary N) is 1. The molecule has 4 rings (SSSR count). The molecule has 6 nitrogen and oxygen atoms in total. The van der Waals surface area contributed by atoms with Gasteiger partial charge in [0.05, 0.1) is 18.7 Å². The molecule has 0 aliphatic carbocycles. The van der Waals surface area contributed by atoms with Crippen molar-refractivity contribution in [2.45, 2.75) is 6.92 Å². The molecule has 0 radical (unpaired) electrons. The van der Waals surface area contributed by atoms with Crippen molar-refractivity contribution in [1.82, 2.24) is 0 Å². The molecule has 10 heteroatoms. The number of carbonyl (C=O) groups is 2. The average molecular weight is 566 g/mol. The van der Waals surface area contributed by atoms with E-state index >= 15 is 0 Å². The van der Waals surface area contributed by atoms with Crippen molar-refractivity contribution in [2.75, 3.05) is 41.4 Å². The Labute approximate surface area is 227 Å². The Morgan fingerprint density at radius 1 is 0.972 bits per heavy atom. The molecule has 1 amide bonds. The molecule has 1 heterocycles. The molecular weight excluding hydrogens is 543 g/mol. The Morgan fingerprint density at radius 3 is 2.33 bits per heavy atom. The minimum atomic E-state index is -0.743. The summed E-state index contributed by atoms with van der Waals surface area (Å²) in [7, 11) is 0. The number of anilines is 2. The smallest absolute Gasteiger partial charge is 0.262 e. The summed E-state index contributed by atoms with van der Waals surface area (Å²) in [5.41, 5.74) is 3.06. The Bertz CT molecular complexity index is 1280. The first-order valence-corrected chi connectivity index (χ1v) is 13.8. The van der Waals surface area contributed by atoms with E-state index in [1.54, 1.807) is 12.1 Å². The molecule has 1 aliphatic heterocycles. The van der Waals surface area contributed by atoms with E-state index in [1.807, 2.05) is 25.1 Å². The number of carbonyl (C=O) groups excluding carboxylic acids is 2. The second-order valence-electron chi connectivity index (χ2n) is 8.30. The highest BCUT2D eigenvalue weighted by Crippen LogP contribution is 2.29. The Kier molecular flexibility index (Phi) is 8.70. The number of benzene rings is 3. The van der Waals surface area contributed by atoms with Gasteiger partial charge in [0.2, 0.25) is 0 Å². The molecule has 0 bridgehead atoms. The van der Waals surface area contributed by atoms with Gasteiger partial charge in [-0.15, -0.1) is 0 Å². The molecule has 1 aliphatic rings. The van der Waals surface area contributed by atoms with E-state index in [2.05, 4.69) is 10.2 Å². The number of ether oxygens (including phenoxy) is 1. The molecular formula is C26H23Cl3N2O4S. The van der Waals surface area contributed by atoms with Crippen LogP contribution in [-0.4, -0.2) is 47.4 Å². The maximum atomic E-state index is 13.1. The summed E-state index contributed by atoms with van der Waals surface area (Å²) >= 11 is 17.5. The van der Waals surface area contributed by atoms with Gasteiger partial charge in [-0.3, -0.25) is 9.59 Å². The van der Waals surface area contributed by atoms with Crippen molar-refractivity contribution in [1.29, 1.82) is 0 Å². The average Bonchev–Trinajstić information content (AvgIpc) is 2.84. The fraction of sp³-hybridized carbons (Fsp3) is 0.231. The number of hydrogen-bond acceptors (Lipinski definition) is 5. The van der Waals surface area contributed by atoms with E-state index < -0.39 is 11.2 Å². The molecule has 1 fully saturated rings. The lowest BCUT2D eigenvalue weighted by Gasteiger charge is -2.30. The van der Waals surface area contributed by atoms with Crippen LogP contribution in [0.15, 0.2) is 54.6 Å². The molecule has 188 valence electrons. The van der Waals surface area contributed by atoms with Crippen LogP contribution < -0.4 is 15.0 Å². The van der Waals surface area contributed by atoms with Crippen LogP contribution in [0.2, 0.25) is 15.1 Å². The standard InChI is InChI=1S/C26H23Cl3N2O4S/c1-16-10-21(31-6-8-36(34)9-7-31)3-4-23(16)30-25(32)15-35-24-5-2-18(27)14-22(24)26(33)17-11-19(28)13-20(29)12-17/h2-5,10-14H,6-9,15H2,1H3,(H,30,32). The predicted molar refractivity (Wildman–Crippen MR) is 147 cm³/mol. The molecule has 0 spiro atoms. The third-order valence-corrected chi connectivity index (χ3v) is 7.64. The van der Waals surface area contributed by atoms with E-state index in [4.69, 9.17) is 39.5 Å². The zero-order valence-corrected chi connectivity index (χ0v) is 22.4. The molecule has 1 N–H and O–H groups in total. The van der Waals surface area contributed by atoms with Gasteiger partial charge in [0.15, 0.2) is 12.4 Å². The van der Waals surface area contributed by atoms with Gasteiger partial charge < -0.3 is 19.5 Å².